The maximum absolute atomic E-state index is 10.3. The van der Waals surface area contributed by atoms with Gasteiger partial charge in [0, 0.05) is 0 Å². The number of carboxylic acid groups (broad SMARTS) is 1. The lowest BCUT2D eigenvalue weighted by molar-refractivity contribution is -0.136. The third-order valence-electron chi connectivity index (χ3n) is 1.29. The van der Waals surface area contributed by atoms with Gasteiger partial charge in [-0.3, -0.25) is 4.79 Å². The summed E-state index contributed by atoms with van der Waals surface area (Å²) < 4.78 is 23.5. The van der Waals surface area contributed by atoms with Gasteiger partial charge in [-0.1, -0.05) is 6.07 Å². The molecule has 74 valence electrons. The summed E-state index contributed by atoms with van der Waals surface area (Å²) in [5.74, 6) is -1.05. The molecule has 0 aliphatic carbocycles. The highest BCUT2D eigenvalue weighted by atomic mass is 32.2. The third-order valence-corrected chi connectivity index (χ3v) is 1.63. The van der Waals surface area contributed by atoms with Crippen molar-refractivity contribution in [2.75, 3.05) is 0 Å². The number of carbonyl (C=O) groups is 1. The number of nitrogens with zero attached hydrogens (tertiary/aromatic N) is 2. The fraction of sp³-hybridized carbons (Fsp3) is 0.143. The van der Waals surface area contributed by atoms with Crippen molar-refractivity contribution in [1.82, 2.24) is 4.98 Å². The van der Waals surface area contributed by atoms with Gasteiger partial charge >= 0.3 is 16.5 Å². The molecule has 0 spiro atoms. The van der Waals surface area contributed by atoms with E-state index in [0.29, 0.717) is 0 Å². The number of aliphatic carboxylic acids is 1. The smallest absolute Gasteiger partial charge is 0.317 e. The SMILES string of the molecule is O=C(O)Cc1cccc(N=S(=O)=O)n1. The first-order valence-corrected chi connectivity index (χ1v) is 4.60. The molecule has 1 N–H and O–H groups in total. The maximum atomic E-state index is 10.3. The van der Waals surface area contributed by atoms with Crippen LogP contribution in [0.4, 0.5) is 5.82 Å². The van der Waals surface area contributed by atoms with Crippen LogP contribution in [0.3, 0.4) is 0 Å². The van der Waals surface area contributed by atoms with E-state index >= 15 is 0 Å². The normalized spacial score (nSPS) is 9.43. The molecule has 0 aromatic carbocycles. The Morgan fingerprint density at radius 3 is 2.79 bits per heavy atom. The van der Waals surface area contributed by atoms with E-state index in [1.807, 2.05) is 0 Å². The second-order valence-corrected chi connectivity index (χ2v) is 2.98. The van der Waals surface area contributed by atoms with E-state index in [4.69, 9.17) is 5.11 Å². The molecule has 0 atom stereocenters. The standard InChI is InChI=1S/C7H6N2O4S/c10-7(11)4-5-2-1-3-6(8-5)9-14(12)13/h1-3H,4H2,(H,10,11). The molecule has 0 aliphatic heterocycles. The number of carboxylic acids is 1. The van der Waals surface area contributed by atoms with Gasteiger partial charge in [0.05, 0.1) is 12.1 Å². The Hall–Kier alpha value is -1.76. The van der Waals surface area contributed by atoms with Crippen LogP contribution in [0.25, 0.3) is 0 Å². The lowest BCUT2D eigenvalue weighted by atomic mass is 10.3. The topological polar surface area (TPSA) is 96.7 Å². The number of aromatic nitrogens is 1. The first-order chi connectivity index (χ1) is 6.58. The predicted octanol–water partition coefficient (Wildman–Crippen LogP) is 0.403. The number of pyridine rings is 1. The number of hydrogen-bond donors (Lipinski definition) is 1. The largest absolute Gasteiger partial charge is 0.481 e. The minimum atomic E-state index is -2.57. The molecule has 1 heterocycles. The fourth-order valence-corrected chi connectivity index (χ4v) is 1.10. The van der Waals surface area contributed by atoms with Crippen molar-refractivity contribution in [3.8, 4) is 0 Å². The van der Waals surface area contributed by atoms with Gasteiger partial charge in [0.15, 0.2) is 5.82 Å². The van der Waals surface area contributed by atoms with Crippen LogP contribution in [0.15, 0.2) is 22.6 Å². The molecular formula is C7H6N2O4S. The van der Waals surface area contributed by atoms with Crippen LogP contribution in [-0.4, -0.2) is 24.5 Å². The molecular weight excluding hydrogens is 208 g/mol. The molecule has 0 aliphatic rings. The molecule has 0 amide bonds. The van der Waals surface area contributed by atoms with Gasteiger partial charge in [-0.2, -0.15) is 8.42 Å². The first-order valence-electron chi connectivity index (χ1n) is 3.57. The van der Waals surface area contributed by atoms with Crippen LogP contribution in [0.1, 0.15) is 5.69 Å². The summed E-state index contributed by atoms with van der Waals surface area (Å²) in [4.78, 5) is 14.0. The maximum Gasteiger partial charge on any atom is 0.317 e. The Bertz CT molecular complexity index is 472. The van der Waals surface area contributed by atoms with E-state index in [1.165, 1.54) is 18.2 Å². The van der Waals surface area contributed by atoms with E-state index in [0.717, 1.165) is 0 Å². The van der Waals surface area contributed by atoms with Crippen molar-refractivity contribution in [3.05, 3.63) is 23.9 Å². The highest BCUT2D eigenvalue weighted by molar-refractivity contribution is 7.61. The zero-order chi connectivity index (χ0) is 10.6. The molecule has 6 nitrogen and oxygen atoms in total. The monoisotopic (exact) mass is 214 g/mol. The fourth-order valence-electron chi connectivity index (χ4n) is 0.848. The lowest BCUT2D eigenvalue weighted by Crippen LogP contribution is -2.01. The third kappa shape index (κ3) is 3.31. The van der Waals surface area contributed by atoms with Crippen molar-refractivity contribution in [3.63, 3.8) is 0 Å². The Labute approximate surface area is 80.9 Å². The van der Waals surface area contributed by atoms with Gasteiger partial charge in [-0.05, 0) is 12.1 Å². The minimum absolute atomic E-state index is 0.0166. The molecule has 0 saturated heterocycles. The molecule has 1 aromatic rings. The van der Waals surface area contributed by atoms with E-state index in [-0.39, 0.29) is 17.9 Å². The van der Waals surface area contributed by atoms with E-state index in [2.05, 4.69) is 9.35 Å². The first kappa shape index (κ1) is 10.3. The number of hydrogen-bond acceptors (Lipinski definition) is 5. The van der Waals surface area contributed by atoms with Gasteiger partial charge < -0.3 is 5.11 Å². The molecule has 1 aromatic heterocycles. The van der Waals surface area contributed by atoms with E-state index in [9.17, 15) is 13.2 Å². The Balaban J connectivity index is 3.01. The van der Waals surface area contributed by atoms with Gasteiger partial charge in [-0.25, -0.2) is 4.98 Å². The lowest BCUT2D eigenvalue weighted by Gasteiger charge is -1.95. The van der Waals surface area contributed by atoms with Gasteiger partial charge in [0.25, 0.3) is 0 Å². The van der Waals surface area contributed by atoms with Crippen LogP contribution < -0.4 is 0 Å². The van der Waals surface area contributed by atoms with Crippen molar-refractivity contribution in [2.24, 2.45) is 4.36 Å². The molecule has 0 fully saturated rings. The molecule has 7 heteroatoms. The van der Waals surface area contributed by atoms with Crippen LogP contribution in [0.5, 0.6) is 0 Å². The predicted molar refractivity (Wildman–Crippen MR) is 46.6 cm³/mol. The van der Waals surface area contributed by atoms with Crippen molar-refractivity contribution in [2.45, 2.75) is 6.42 Å². The Kier molecular flexibility index (Phi) is 3.29. The summed E-state index contributed by atoms with van der Waals surface area (Å²) in [6.45, 7) is 0. The average Bonchev–Trinajstić information content (AvgIpc) is 2.01. The second kappa shape index (κ2) is 4.47. The highest BCUT2D eigenvalue weighted by Crippen LogP contribution is 2.08. The van der Waals surface area contributed by atoms with Crippen molar-refractivity contribution < 1.29 is 18.3 Å². The summed E-state index contributed by atoms with van der Waals surface area (Å²) >= 11 is 0. The molecule has 1 rings (SSSR count). The van der Waals surface area contributed by atoms with Crippen molar-refractivity contribution >= 4 is 22.3 Å². The summed E-state index contributed by atoms with van der Waals surface area (Å²) in [5, 5.41) is 8.45. The van der Waals surface area contributed by atoms with Crippen LogP contribution in [-0.2, 0) is 21.7 Å². The molecule has 0 bridgehead atoms. The Morgan fingerprint density at radius 2 is 2.21 bits per heavy atom. The van der Waals surface area contributed by atoms with Gasteiger partial charge in [0.1, 0.15) is 0 Å². The van der Waals surface area contributed by atoms with Crippen LogP contribution in [0, 0.1) is 0 Å². The zero-order valence-corrected chi connectivity index (χ0v) is 7.73. The molecule has 0 radical (unpaired) electrons. The van der Waals surface area contributed by atoms with E-state index in [1.54, 1.807) is 0 Å². The summed E-state index contributed by atoms with van der Waals surface area (Å²) in [6.07, 6.45) is -0.255. The summed E-state index contributed by atoms with van der Waals surface area (Å²) in [5.41, 5.74) is 0.268. The Morgan fingerprint density at radius 1 is 1.50 bits per heavy atom. The number of rotatable bonds is 3. The van der Waals surface area contributed by atoms with E-state index < -0.39 is 16.5 Å². The molecule has 0 unspecified atom stereocenters. The highest BCUT2D eigenvalue weighted by Gasteiger charge is 2.02. The molecule has 0 saturated carbocycles. The average molecular weight is 214 g/mol. The molecule has 14 heavy (non-hydrogen) atoms. The van der Waals surface area contributed by atoms with Gasteiger partial charge in [-0.15, -0.1) is 4.36 Å². The van der Waals surface area contributed by atoms with Crippen LogP contribution in [0.2, 0.25) is 0 Å². The van der Waals surface area contributed by atoms with Crippen LogP contribution >= 0.6 is 0 Å². The quantitative estimate of drug-likeness (QED) is 0.785. The summed E-state index contributed by atoms with van der Waals surface area (Å²) in [6, 6.07) is 4.36. The second-order valence-electron chi connectivity index (χ2n) is 2.37. The van der Waals surface area contributed by atoms with Gasteiger partial charge in [0.2, 0.25) is 0 Å². The zero-order valence-electron chi connectivity index (χ0n) is 6.91. The van der Waals surface area contributed by atoms with Crippen molar-refractivity contribution in [1.29, 1.82) is 0 Å². The minimum Gasteiger partial charge on any atom is -0.481 e. The summed E-state index contributed by atoms with van der Waals surface area (Å²) in [7, 11) is -2.57.